The fraction of sp³-hybridized carbons (Fsp3) is 0.385. The van der Waals surface area contributed by atoms with Crippen LogP contribution < -0.4 is 10.6 Å². The number of hydrogen-bond acceptors (Lipinski definition) is 5. The van der Waals surface area contributed by atoms with Gasteiger partial charge in [-0.05, 0) is 37.1 Å². The van der Waals surface area contributed by atoms with Crippen LogP contribution in [0.2, 0.25) is 0 Å². The molecule has 0 unspecified atom stereocenters. The van der Waals surface area contributed by atoms with Crippen LogP contribution in [0.1, 0.15) is 29.8 Å². The molecule has 1 saturated heterocycles. The number of urea groups is 1. The highest BCUT2D eigenvalue weighted by atomic mass is 16.5. The molecule has 0 aromatic heterocycles. The maximum Gasteiger partial charge on any atom is 0.329 e. The molecule has 9 nitrogen and oxygen atoms in total. The number of benzene rings is 2. The van der Waals surface area contributed by atoms with Gasteiger partial charge in [0.25, 0.3) is 11.8 Å². The Labute approximate surface area is 205 Å². The summed E-state index contributed by atoms with van der Waals surface area (Å²) in [5.74, 6) is -1.60. The molecule has 0 bridgehead atoms. The molecular formula is C26H32N4O5. The summed E-state index contributed by atoms with van der Waals surface area (Å²) in [5, 5.41) is 5.53. The van der Waals surface area contributed by atoms with Crippen molar-refractivity contribution in [2.24, 2.45) is 5.92 Å². The summed E-state index contributed by atoms with van der Waals surface area (Å²) in [4.78, 5) is 53.4. The average molecular weight is 481 g/mol. The molecular weight excluding hydrogens is 448 g/mol. The Morgan fingerprint density at radius 3 is 2.09 bits per heavy atom. The van der Waals surface area contributed by atoms with Crippen LogP contribution in [0.3, 0.4) is 0 Å². The molecule has 0 radical (unpaired) electrons. The molecule has 35 heavy (non-hydrogen) atoms. The van der Waals surface area contributed by atoms with E-state index in [0.717, 1.165) is 5.56 Å². The van der Waals surface area contributed by atoms with Crippen LogP contribution in [0.4, 0.5) is 10.5 Å². The van der Waals surface area contributed by atoms with E-state index < -0.39 is 18.6 Å². The topological polar surface area (TPSA) is 108 Å². The number of aryl methyl sites for hydroxylation is 1. The standard InChI is InChI=1S/C26H32N4O5/c1-18(2)23(28-24(32)20-11-9-19(3)10-12-20)25(33)35-17-22(31)29-13-15-30(16-14-29)26(34)27-21-7-5-4-6-8-21/h4-12,18,23H,13-17H2,1-3H3,(H,27,34)(H,28,32)/t23-/m1/s1. The van der Waals surface area contributed by atoms with Gasteiger partial charge in [-0.3, -0.25) is 9.59 Å². The molecule has 2 N–H and O–H groups in total. The Morgan fingerprint density at radius 1 is 0.886 bits per heavy atom. The Kier molecular flexibility index (Phi) is 8.83. The predicted octanol–water partition coefficient (Wildman–Crippen LogP) is 2.67. The highest BCUT2D eigenvalue weighted by molar-refractivity contribution is 5.97. The minimum Gasteiger partial charge on any atom is -0.454 e. The van der Waals surface area contributed by atoms with Gasteiger partial charge >= 0.3 is 12.0 Å². The lowest BCUT2D eigenvalue weighted by atomic mass is 10.0. The van der Waals surface area contributed by atoms with E-state index in [4.69, 9.17) is 4.74 Å². The Bertz CT molecular complexity index is 1030. The van der Waals surface area contributed by atoms with Crippen LogP contribution >= 0.6 is 0 Å². The van der Waals surface area contributed by atoms with Crippen molar-refractivity contribution in [2.45, 2.75) is 26.8 Å². The third kappa shape index (κ3) is 7.30. The van der Waals surface area contributed by atoms with Crippen LogP contribution in [0, 0.1) is 12.8 Å². The highest BCUT2D eigenvalue weighted by Gasteiger charge is 2.29. The fourth-order valence-electron chi connectivity index (χ4n) is 3.62. The number of carbonyl (C=O) groups excluding carboxylic acids is 4. The van der Waals surface area contributed by atoms with Crippen molar-refractivity contribution in [1.29, 1.82) is 0 Å². The average Bonchev–Trinajstić information content (AvgIpc) is 2.86. The van der Waals surface area contributed by atoms with E-state index in [-0.39, 0.29) is 23.8 Å². The number of nitrogens with one attached hydrogen (secondary N) is 2. The molecule has 1 atom stereocenters. The third-order valence-electron chi connectivity index (χ3n) is 5.80. The zero-order chi connectivity index (χ0) is 25.4. The van der Waals surface area contributed by atoms with Gasteiger partial charge in [0.05, 0.1) is 0 Å². The van der Waals surface area contributed by atoms with Crippen molar-refractivity contribution in [3.05, 3.63) is 65.7 Å². The number of amides is 4. The van der Waals surface area contributed by atoms with Crippen LogP contribution in [-0.4, -0.2) is 72.4 Å². The summed E-state index contributed by atoms with van der Waals surface area (Å²) >= 11 is 0. The van der Waals surface area contributed by atoms with Crippen molar-refractivity contribution >= 4 is 29.5 Å². The summed E-state index contributed by atoms with van der Waals surface area (Å²) in [6.45, 7) is 6.53. The largest absolute Gasteiger partial charge is 0.454 e. The van der Waals surface area contributed by atoms with Crippen molar-refractivity contribution in [1.82, 2.24) is 15.1 Å². The van der Waals surface area contributed by atoms with Gasteiger partial charge < -0.3 is 25.2 Å². The van der Waals surface area contributed by atoms with Gasteiger partial charge in [-0.15, -0.1) is 0 Å². The normalized spacial score (nSPS) is 14.3. The first-order valence-electron chi connectivity index (χ1n) is 11.7. The number of ether oxygens (including phenoxy) is 1. The minimum atomic E-state index is -0.880. The molecule has 2 aromatic rings. The van der Waals surface area contributed by atoms with E-state index in [9.17, 15) is 19.2 Å². The lowest BCUT2D eigenvalue weighted by Crippen LogP contribution is -2.53. The number of para-hydroxylation sites is 1. The number of carbonyl (C=O) groups is 4. The van der Waals surface area contributed by atoms with E-state index in [1.165, 1.54) is 0 Å². The number of anilines is 1. The third-order valence-corrected chi connectivity index (χ3v) is 5.80. The molecule has 1 aliphatic rings. The zero-order valence-electron chi connectivity index (χ0n) is 20.3. The molecule has 2 aromatic carbocycles. The Hall–Kier alpha value is -3.88. The van der Waals surface area contributed by atoms with Gasteiger partial charge in [0, 0.05) is 37.4 Å². The Balaban J connectivity index is 1.45. The van der Waals surface area contributed by atoms with Crippen molar-refractivity contribution in [3.63, 3.8) is 0 Å². The van der Waals surface area contributed by atoms with E-state index >= 15 is 0 Å². The second-order valence-electron chi connectivity index (χ2n) is 8.83. The molecule has 3 rings (SSSR count). The summed E-state index contributed by atoms with van der Waals surface area (Å²) in [6, 6.07) is 15.1. The minimum absolute atomic E-state index is 0.223. The number of esters is 1. The molecule has 1 fully saturated rings. The van der Waals surface area contributed by atoms with Gasteiger partial charge in [0.1, 0.15) is 6.04 Å². The lowest BCUT2D eigenvalue weighted by Gasteiger charge is -2.34. The van der Waals surface area contributed by atoms with Crippen LogP contribution in [0.25, 0.3) is 0 Å². The summed E-state index contributed by atoms with van der Waals surface area (Å²) in [7, 11) is 0. The van der Waals surface area contributed by atoms with Crippen LogP contribution in [0.15, 0.2) is 54.6 Å². The zero-order valence-corrected chi connectivity index (χ0v) is 20.3. The Morgan fingerprint density at radius 2 is 1.49 bits per heavy atom. The van der Waals surface area contributed by atoms with E-state index in [2.05, 4.69) is 10.6 Å². The smallest absolute Gasteiger partial charge is 0.329 e. The first kappa shape index (κ1) is 25.7. The molecule has 0 saturated carbocycles. The number of nitrogens with zero attached hydrogens (tertiary/aromatic N) is 2. The van der Waals surface area contributed by atoms with Gasteiger partial charge in [0.15, 0.2) is 6.61 Å². The van der Waals surface area contributed by atoms with Gasteiger partial charge in [-0.2, -0.15) is 0 Å². The molecule has 9 heteroatoms. The van der Waals surface area contributed by atoms with E-state index in [0.29, 0.717) is 37.4 Å². The van der Waals surface area contributed by atoms with E-state index in [1.807, 2.05) is 37.3 Å². The van der Waals surface area contributed by atoms with Gasteiger partial charge in [-0.25, -0.2) is 9.59 Å². The summed E-state index contributed by atoms with van der Waals surface area (Å²) < 4.78 is 5.25. The first-order valence-corrected chi connectivity index (χ1v) is 11.7. The molecule has 1 aliphatic heterocycles. The number of hydrogen-bond donors (Lipinski definition) is 2. The van der Waals surface area contributed by atoms with Crippen LogP contribution in [0.5, 0.6) is 0 Å². The lowest BCUT2D eigenvalue weighted by molar-refractivity contribution is -0.155. The maximum atomic E-state index is 12.6. The molecule has 1 heterocycles. The first-order chi connectivity index (χ1) is 16.7. The summed E-state index contributed by atoms with van der Waals surface area (Å²) in [5.41, 5.74) is 2.17. The van der Waals surface area contributed by atoms with Crippen LogP contribution in [-0.2, 0) is 14.3 Å². The SMILES string of the molecule is Cc1ccc(C(=O)N[C@@H](C(=O)OCC(=O)N2CCN(C(=O)Nc3ccccc3)CC2)C(C)C)cc1. The number of rotatable bonds is 7. The van der Waals surface area contributed by atoms with E-state index in [1.54, 1.807) is 47.9 Å². The molecule has 0 aliphatic carbocycles. The highest BCUT2D eigenvalue weighted by Crippen LogP contribution is 2.11. The maximum absolute atomic E-state index is 12.6. The quantitative estimate of drug-likeness (QED) is 0.593. The predicted molar refractivity (Wildman–Crippen MR) is 132 cm³/mol. The van der Waals surface area contributed by atoms with Gasteiger partial charge in [-0.1, -0.05) is 49.7 Å². The van der Waals surface area contributed by atoms with Crippen molar-refractivity contribution in [2.75, 3.05) is 38.1 Å². The second-order valence-corrected chi connectivity index (χ2v) is 8.83. The monoisotopic (exact) mass is 480 g/mol. The molecule has 186 valence electrons. The molecule has 4 amide bonds. The van der Waals surface area contributed by atoms with Crippen molar-refractivity contribution in [3.8, 4) is 0 Å². The number of piperazine rings is 1. The summed E-state index contributed by atoms with van der Waals surface area (Å²) in [6.07, 6.45) is 0. The fourth-order valence-corrected chi connectivity index (χ4v) is 3.62. The van der Waals surface area contributed by atoms with Gasteiger partial charge in [0.2, 0.25) is 0 Å². The second kappa shape index (κ2) is 12.0. The van der Waals surface area contributed by atoms with Crippen molar-refractivity contribution < 1.29 is 23.9 Å². The molecule has 0 spiro atoms.